The maximum Gasteiger partial charge on any atom is 0.0562 e. The molecule has 1 fully saturated rings. The van der Waals surface area contributed by atoms with E-state index in [2.05, 4.69) is 35.7 Å². The molecule has 1 aromatic heterocycles. The van der Waals surface area contributed by atoms with Gasteiger partial charge in [0.15, 0.2) is 0 Å². The summed E-state index contributed by atoms with van der Waals surface area (Å²) in [4.78, 5) is 0. The van der Waals surface area contributed by atoms with Gasteiger partial charge in [-0.2, -0.15) is 5.10 Å². The molecular formula is C13H21N3. The lowest BCUT2D eigenvalue weighted by molar-refractivity contribution is 0.602. The van der Waals surface area contributed by atoms with Gasteiger partial charge in [0.05, 0.1) is 6.20 Å². The minimum atomic E-state index is 0.820. The SMILES string of the molecule is CCCn1cc(C=CCCNC2CC2)cn1. The van der Waals surface area contributed by atoms with Crippen molar-refractivity contribution in [3.05, 3.63) is 24.0 Å². The molecule has 0 aromatic carbocycles. The fourth-order valence-corrected chi connectivity index (χ4v) is 1.69. The summed E-state index contributed by atoms with van der Waals surface area (Å²) in [5.74, 6) is 0. The quantitative estimate of drug-likeness (QED) is 0.714. The molecule has 3 heteroatoms. The van der Waals surface area contributed by atoms with Crippen LogP contribution < -0.4 is 5.32 Å². The van der Waals surface area contributed by atoms with Crippen LogP contribution in [0, 0.1) is 0 Å². The van der Waals surface area contributed by atoms with Crippen LogP contribution in [-0.2, 0) is 6.54 Å². The Morgan fingerprint density at radius 3 is 3.19 bits per heavy atom. The van der Waals surface area contributed by atoms with Crippen molar-refractivity contribution in [2.75, 3.05) is 6.54 Å². The molecule has 0 aliphatic heterocycles. The molecule has 0 saturated heterocycles. The van der Waals surface area contributed by atoms with E-state index in [1.54, 1.807) is 0 Å². The van der Waals surface area contributed by atoms with E-state index in [1.165, 1.54) is 18.4 Å². The van der Waals surface area contributed by atoms with E-state index in [0.29, 0.717) is 0 Å². The highest BCUT2D eigenvalue weighted by atomic mass is 15.3. The molecule has 0 amide bonds. The number of hydrogen-bond donors (Lipinski definition) is 1. The first-order valence-corrected chi connectivity index (χ1v) is 6.31. The fraction of sp³-hybridized carbons (Fsp3) is 0.615. The second kappa shape index (κ2) is 5.85. The van der Waals surface area contributed by atoms with Gasteiger partial charge < -0.3 is 5.32 Å². The first kappa shape index (κ1) is 11.4. The highest BCUT2D eigenvalue weighted by molar-refractivity contribution is 5.46. The smallest absolute Gasteiger partial charge is 0.0562 e. The van der Waals surface area contributed by atoms with Crippen molar-refractivity contribution >= 4 is 6.08 Å². The van der Waals surface area contributed by atoms with E-state index in [4.69, 9.17) is 0 Å². The summed E-state index contributed by atoms with van der Waals surface area (Å²) in [5.41, 5.74) is 1.21. The Kier molecular flexibility index (Phi) is 4.17. The minimum absolute atomic E-state index is 0.820. The number of hydrogen-bond acceptors (Lipinski definition) is 2. The Balaban J connectivity index is 1.67. The summed E-state index contributed by atoms with van der Waals surface area (Å²) < 4.78 is 2.00. The van der Waals surface area contributed by atoms with E-state index >= 15 is 0 Å². The van der Waals surface area contributed by atoms with E-state index < -0.39 is 0 Å². The van der Waals surface area contributed by atoms with Gasteiger partial charge in [0.2, 0.25) is 0 Å². The molecule has 0 atom stereocenters. The zero-order valence-electron chi connectivity index (χ0n) is 10.0. The second-order valence-electron chi connectivity index (χ2n) is 4.46. The second-order valence-corrected chi connectivity index (χ2v) is 4.46. The van der Waals surface area contributed by atoms with Crippen LogP contribution in [0.2, 0.25) is 0 Å². The van der Waals surface area contributed by atoms with Crippen molar-refractivity contribution in [3.63, 3.8) is 0 Å². The molecule has 1 aliphatic rings. The monoisotopic (exact) mass is 219 g/mol. The Labute approximate surface area is 97.5 Å². The van der Waals surface area contributed by atoms with Gasteiger partial charge in [0.1, 0.15) is 0 Å². The first-order chi connectivity index (χ1) is 7.88. The van der Waals surface area contributed by atoms with E-state index in [9.17, 15) is 0 Å². The van der Waals surface area contributed by atoms with Gasteiger partial charge in [0, 0.05) is 24.3 Å². The molecule has 2 rings (SSSR count). The average Bonchev–Trinajstić information content (AvgIpc) is 2.99. The zero-order valence-corrected chi connectivity index (χ0v) is 10.0. The maximum atomic E-state index is 4.29. The topological polar surface area (TPSA) is 29.9 Å². The normalized spacial score (nSPS) is 16.1. The molecule has 1 aromatic rings. The molecule has 0 radical (unpaired) electrons. The van der Waals surface area contributed by atoms with Crippen LogP contribution in [-0.4, -0.2) is 22.4 Å². The summed E-state index contributed by atoms with van der Waals surface area (Å²) >= 11 is 0. The summed E-state index contributed by atoms with van der Waals surface area (Å²) in [6, 6.07) is 0.820. The molecule has 3 nitrogen and oxygen atoms in total. The summed E-state index contributed by atoms with van der Waals surface area (Å²) in [7, 11) is 0. The van der Waals surface area contributed by atoms with Crippen LogP contribution >= 0.6 is 0 Å². The highest BCUT2D eigenvalue weighted by Crippen LogP contribution is 2.18. The molecule has 0 spiro atoms. The van der Waals surface area contributed by atoms with Crippen molar-refractivity contribution in [2.45, 2.75) is 45.2 Å². The van der Waals surface area contributed by atoms with Crippen molar-refractivity contribution in [2.24, 2.45) is 0 Å². The van der Waals surface area contributed by atoms with Crippen LogP contribution in [0.5, 0.6) is 0 Å². The number of aromatic nitrogens is 2. The summed E-state index contributed by atoms with van der Waals surface area (Å²) in [6.07, 6.45) is 13.4. The van der Waals surface area contributed by atoms with E-state index in [-0.39, 0.29) is 0 Å². The van der Waals surface area contributed by atoms with Crippen molar-refractivity contribution in [3.8, 4) is 0 Å². The first-order valence-electron chi connectivity index (χ1n) is 6.31. The molecule has 1 N–H and O–H groups in total. The van der Waals surface area contributed by atoms with Gasteiger partial charge in [-0.1, -0.05) is 19.1 Å². The van der Waals surface area contributed by atoms with Gasteiger partial charge in [-0.15, -0.1) is 0 Å². The Morgan fingerprint density at radius 1 is 1.56 bits per heavy atom. The molecule has 1 heterocycles. The lowest BCUT2D eigenvalue weighted by atomic mass is 10.3. The summed E-state index contributed by atoms with van der Waals surface area (Å²) in [5, 5.41) is 7.79. The predicted molar refractivity (Wildman–Crippen MR) is 67.2 cm³/mol. The van der Waals surface area contributed by atoms with Crippen LogP contribution in [0.3, 0.4) is 0 Å². The zero-order chi connectivity index (χ0) is 11.2. The largest absolute Gasteiger partial charge is 0.314 e. The van der Waals surface area contributed by atoms with Gasteiger partial charge in [-0.25, -0.2) is 0 Å². The molecular weight excluding hydrogens is 198 g/mol. The van der Waals surface area contributed by atoms with Crippen LogP contribution in [0.15, 0.2) is 18.5 Å². The van der Waals surface area contributed by atoms with Crippen molar-refractivity contribution in [1.29, 1.82) is 0 Å². The Hall–Kier alpha value is -1.09. The highest BCUT2D eigenvalue weighted by Gasteiger charge is 2.19. The van der Waals surface area contributed by atoms with Crippen molar-refractivity contribution < 1.29 is 0 Å². The third kappa shape index (κ3) is 3.81. The third-order valence-electron chi connectivity index (χ3n) is 2.74. The molecule has 88 valence electrons. The van der Waals surface area contributed by atoms with Gasteiger partial charge in [0.25, 0.3) is 0 Å². The maximum absolute atomic E-state index is 4.29. The summed E-state index contributed by atoms with van der Waals surface area (Å²) in [6.45, 7) is 4.28. The molecule has 0 unspecified atom stereocenters. The molecule has 16 heavy (non-hydrogen) atoms. The van der Waals surface area contributed by atoms with Crippen LogP contribution in [0.4, 0.5) is 0 Å². The predicted octanol–water partition coefficient (Wildman–Crippen LogP) is 2.45. The van der Waals surface area contributed by atoms with E-state index in [1.807, 2.05) is 10.9 Å². The van der Waals surface area contributed by atoms with Crippen LogP contribution in [0.1, 0.15) is 38.2 Å². The van der Waals surface area contributed by atoms with Crippen LogP contribution in [0.25, 0.3) is 6.08 Å². The fourth-order valence-electron chi connectivity index (χ4n) is 1.69. The van der Waals surface area contributed by atoms with Crippen molar-refractivity contribution in [1.82, 2.24) is 15.1 Å². The molecule has 1 saturated carbocycles. The van der Waals surface area contributed by atoms with Gasteiger partial charge >= 0.3 is 0 Å². The third-order valence-corrected chi connectivity index (χ3v) is 2.74. The lowest BCUT2D eigenvalue weighted by Gasteiger charge is -1.96. The Morgan fingerprint density at radius 2 is 2.44 bits per heavy atom. The van der Waals surface area contributed by atoms with E-state index in [0.717, 1.165) is 32.0 Å². The number of rotatable bonds is 7. The molecule has 1 aliphatic carbocycles. The lowest BCUT2D eigenvalue weighted by Crippen LogP contribution is -2.16. The number of nitrogens with one attached hydrogen (secondary N) is 1. The number of aryl methyl sites for hydroxylation is 1. The standard InChI is InChI=1S/C13H21N3/c1-2-9-16-11-12(10-15-16)5-3-4-8-14-13-6-7-13/h3,5,10-11,13-14H,2,4,6-9H2,1H3. The Bertz CT molecular complexity index is 337. The average molecular weight is 219 g/mol. The number of nitrogens with zero attached hydrogens (tertiary/aromatic N) is 2. The van der Waals surface area contributed by atoms with Gasteiger partial charge in [-0.05, 0) is 32.2 Å². The van der Waals surface area contributed by atoms with Gasteiger partial charge in [-0.3, -0.25) is 4.68 Å². The molecule has 0 bridgehead atoms. The minimum Gasteiger partial charge on any atom is -0.314 e.